The minimum absolute atomic E-state index is 0.110. The zero-order valence-corrected chi connectivity index (χ0v) is 15.5. The summed E-state index contributed by atoms with van der Waals surface area (Å²) in [4.78, 5) is 56.1. The molecule has 0 aliphatic rings. The molecule has 0 bridgehead atoms. The van der Waals surface area contributed by atoms with Crippen molar-refractivity contribution in [2.45, 2.75) is 0 Å². The highest BCUT2D eigenvalue weighted by Gasteiger charge is 2.18. The maximum absolute atomic E-state index is 12.3. The Morgan fingerprint density at radius 1 is 0.733 bits per heavy atom. The monoisotopic (exact) mass is 418 g/mol. The molecule has 2 amide bonds. The average molecular weight is 418 g/mol. The Morgan fingerprint density at radius 2 is 1.10 bits per heavy atom. The molecule has 0 saturated carbocycles. The molecular weight excluding hydrogens is 404 g/mol. The Labute approximate surface area is 167 Å². The lowest BCUT2D eigenvalue weighted by atomic mass is 10.1. The van der Waals surface area contributed by atoms with Gasteiger partial charge in [-0.2, -0.15) is 0 Å². The van der Waals surface area contributed by atoms with E-state index in [2.05, 4.69) is 20.1 Å². The van der Waals surface area contributed by atoms with Crippen LogP contribution in [0.3, 0.4) is 0 Å². The van der Waals surface area contributed by atoms with Gasteiger partial charge in [0, 0.05) is 24.3 Å². The molecule has 156 valence electrons. The average Bonchev–Trinajstić information content (AvgIpc) is 2.71. The number of carbonyl (C=O) groups excluding carboxylic acids is 3. The summed E-state index contributed by atoms with van der Waals surface area (Å²) >= 11 is 0. The van der Waals surface area contributed by atoms with Crippen molar-refractivity contribution in [3.8, 4) is 0 Å². The van der Waals surface area contributed by atoms with Crippen LogP contribution in [0.1, 0.15) is 20.7 Å². The van der Waals surface area contributed by atoms with Gasteiger partial charge in [-0.15, -0.1) is 0 Å². The number of nitrogens with one attached hydrogen (secondary N) is 2. The molecule has 0 aliphatic heterocycles. The molecule has 0 atom stereocenters. The van der Waals surface area contributed by atoms with Crippen LogP contribution in [0.2, 0.25) is 0 Å². The summed E-state index contributed by atoms with van der Waals surface area (Å²) in [6.45, 7) is 0. The first-order valence-corrected chi connectivity index (χ1v) is 7.98. The lowest BCUT2D eigenvalue weighted by Crippen LogP contribution is -2.20. The first-order valence-electron chi connectivity index (χ1n) is 7.98. The van der Waals surface area contributed by atoms with Crippen molar-refractivity contribution in [2.24, 2.45) is 0 Å². The Morgan fingerprint density at radius 3 is 1.40 bits per heavy atom. The quantitative estimate of drug-likeness (QED) is 0.405. The van der Waals surface area contributed by atoms with Crippen LogP contribution in [0.15, 0.2) is 36.4 Å². The number of ether oxygens (including phenoxy) is 2. The summed E-state index contributed by atoms with van der Waals surface area (Å²) in [5, 5.41) is 26.6. The fourth-order valence-corrected chi connectivity index (χ4v) is 2.34. The number of hydrogen-bond acceptors (Lipinski definition) is 9. The Balaban J connectivity index is 2.31. The van der Waals surface area contributed by atoms with E-state index in [0.717, 1.165) is 50.6 Å². The molecule has 0 radical (unpaired) electrons. The van der Waals surface area contributed by atoms with Crippen molar-refractivity contribution in [2.75, 3.05) is 24.9 Å². The second kappa shape index (κ2) is 9.09. The number of nitro groups is 2. The van der Waals surface area contributed by atoms with Crippen molar-refractivity contribution in [1.29, 1.82) is 0 Å². The second-order valence-corrected chi connectivity index (χ2v) is 5.61. The van der Waals surface area contributed by atoms with E-state index in [-0.39, 0.29) is 22.5 Å². The van der Waals surface area contributed by atoms with E-state index in [9.17, 15) is 34.6 Å². The van der Waals surface area contributed by atoms with Crippen LogP contribution in [0, 0.1) is 20.2 Å². The van der Waals surface area contributed by atoms with Gasteiger partial charge in [-0.05, 0) is 12.1 Å². The molecule has 30 heavy (non-hydrogen) atoms. The van der Waals surface area contributed by atoms with E-state index >= 15 is 0 Å². The number of carbonyl (C=O) groups is 3. The number of benzene rings is 2. The maximum atomic E-state index is 12.3. The molecule has 0 unspecified atom stereocenters. The van der Waals surface area contributed by atoms with Crippen molar-refractivity contribution in [3.05, 3.63) is 67.8 Å². The minimum atomic E-state index is -0.942. The molecule has 2 rings (SSSR count). The lowest BCUT2D eigenvalue weighted by molar-refractivity contribution is -0.385. The highest BCUT2D eigenvalue weighted by atomic mass is 16.6. The van der Waals surface area contributed by atoms with Crippen LogP contribution in [0.4, 0.5) is 27.5 Å². The Hall–Kier alpha value is -4.55. The standard InChI is InChI=1S/C17H14N4O9/c1-29-15(22)9-3-11(7-13(5-9)20(25)26)18-17(24)19-12-4-10(16(23)30-2)6-14(8-12)21(27)28/h3-8H,1-2H3,(H2,18,19,24). The molecule has 0 fully saturated rings. The number of methoxy groups -OCH3 is 2. The summed E-state index contributed by atoms with van der Waals surface area (Å²) in [7, 11) is 2.17. The first-order chi connectivity index (χ1) is 14.1. The van der Waals surface area contributed by atoms with E-state index in [1.807, 2.05) is 0 Å². The van der Waals surface area contributed by atoms with Gasteiger partial charge in [0.1, 0.15) is 0 Å². The molecule has 0 aliphatic carbocycles. The third kappa shape index (κ3) is 5.25. The fraction of sp³-hybridized carbons (Fsp3) is 0.118. The van der Waals surface area contributed by atoms with E-state index in [4.69, 9.17) is 0 Å². The number of urea groups is 1. The number of anilines is 2. The molecule has 0 saturated heterocycles. The normalized spacial score (nSPS) is 9.93. The minimum Gasteiger partial charge on any atom is -0.465 e. The van der Waals surface area contributed by atoms with Gasteiger partial charge in [-0.3, -0.25) is 20.2 Å². The lowest BCUT2D eigenvalue weighted by Gasteiger charge is -2.10. The SMILES string of the molecule is COC(=O)c1cc(NC(=O)Nc2cc(C(=O)OC)cc([N+](=O)[O-])c2)cc([N+](=O)[O-])c1. The van der Waals surface area contributed by atoms with Crippen molar-refractivity contribution < 1.29 is 33.7 Å². The van der Waals surface area contributed by atoms with Crippen molar-refractivity contribution in [3.63, 3.8) is 0 Å². The van der Waals surface area contributed by atoms with E-state index in [1.165, 1.54) is 0 Å². The fourth-order valence-electron chi connectivity index (χ4n) is 2.34. The van der Waals surface area contributed by atoms with Crippen LogP contribution in [-0.2, 0) is 9.47 Å². The highest BCUT2D eigenvalue weighted by Crippen LogP contribution is 2.24. The number of nitrogens with zero attached hydrogens (tertiary/aromatic N) is 2. The van der Waals surface area contributed by atoms with Crippen LogP contribution in [-0.4, -0.2) is 42.0 Å². The predicted octanol–water partition coefficient (Wildman–Crippen LogP) is 2.72. The van der Waals surface area contributed by atoms with E-state index in [0.29, 0.717) is 0 Å². The summed E-state index contributed by atoms with van der Waals surface area (Å²) in [6, 6.07) is 5.29. The highest BCUT2D eigenvalue weighted by molar-refractivity contribution is 6.02. The summed E-state index contributed by atoms with van der Waals surface area (Å²) < 4.78 is 9.02. The summed E-state index contributed by atoms with van der Waals surface area (Å²) in [6.07, 6.45) is 0. The topological polar surface area (TPSA) is 180 Å². The van der Waals surface area contributed by atoms with Gasteiger partial charge in [-0.1, -0.05) is 0 Å². The van der Waals surface area contributed by atoms with Gasteiger partial charge in [0.05, 0.1) is 46.6 Å². The third-order valence-electron chi connectivity index (χ3n) is 3.62. The Bertz CT molecular complexity index is 970. The number of esters is 2. The number of amides is 2. The molecule has 13 heteroatoms. The molecule has 0 spiro atoms. The third-order valence-corrected chi connectivity index (χ3v) is 3.62. The summed E-state index contributed by atoms with van der Waals surface area (Å²) in [5.41, 5.74) is -1.52. The van der Waals surface area contributed by atoms with Gasteiger partial charge in [-0.25, -0.2) is 14.4 Å². The van der Waals surface area contributed by atoms with Crippen LogP contribution in [0.25, 0.3) is 0 Å². The summed E-state index contributed by atoms with van der Waals surface area (Å²) in [5.74, 6) is -1.72. The van der Waals surface area contributed by atoms with Gasteiger partial charge in [0.25, 0.3) is 11.4 Å². The molecule has 13 nitrogen and oxygen atoms in total. The molecular formula is C17H14N4O9. The van der Waals surface area contributed by atoms with E-state index < -0.39 is 39.2 Å². The molecule has 2 aromatic carbocycles. The zero-order chi connectivity index (χ0) is 22.4. The number of nitro benzene ring substituents is 2. The van der Waals surface area contributed by atoms with E-state index in [1.54, 1.807) is 0 Å². The van der Waals surface area contributed by atoms with Gasteiger partial charge in [0.2, 0.25) is 0 Å². The van der Waals surface area contributed by atoms with Crippen molar-refractivity contribution >= 4 is 40.7 Å². The predicted molar refractivity (Wildman–Crippen MR) is 102 cm³/mol. The van der Waals surface area contributed by atoms with Crippen LogP contribution in [0.5, 0.6) is 0 Å². The molecule has 0 heterocycles. The largest absolute Gasteiger partial charge is 0.465 e. The van der Waals surface area contributed by atoms with Crippen LogP contribution >= 0.6 is 0 Å². The zero-order valence-electron chi connectivity index (χ0n) is 15.5. The van der Waals surface area contributed by atoms with Gasteiger partial charge >= 0.3 is 18.0 Å². The molecule has 0 aromatic heterocycles. The van der Waals surface area contributed by atoms with Gasteiger partial charge in [0.15, 0.2) is 0 Å². The van der Waals surface area contributed by atoms with Crippen molar-refractivity contribution in [1.82, 2.24) is 0 Å². The number of rotatable bonds is 6. The maximum Gasteiger partial charge on any atom is 0.338 e. The number of hydrogen-bond donors (Lipinski definition) is 2. The smallest absolute Gasteiger partial charge is 0.338 e. The Kier molecular flexibility index (Phi) is 6.59. The number of non-ortho nitro benzene ring substituents is 2. The second-order valence-electron chi connectivity index (χ2n) is 5.61. The van der Waals surface area contributed by atoms with Gasteiger partial charge < -0.3 is 20.1 Å². The van der Waals surface area contributed by atoms with Crippen LogP contribution < -0.4 is 10.6 Å². The first kappa shape index (κ1) is 21.7. The molecule has 2 aromatic rings. The molecule has 2 N–H and O–H groups in total.